The molecule has 1 saturated carbocycles. The molecule has 0 radical (unpaired) electrons. The van der Waals surface area contributed by atoms with E-state index >= 15 is 0 Å². The lowest BCUT2D eigenvalue weighted by Crippen LogP contribution is -2.17. The van der Waals surface area contributed by atoms with Crippen molar-refractivity contribution in [3.8, 4) is 11.6 Å². The summed E-state index contributed by atoms with van der Waals surface area (Å²) in [5.41, 5.74) is 3.09. The summed E-state index contributed by atoms with van der Waals surface area (Å²) in [4.78, 5) is 9.09. The summed E-state index contributed by atoms with van der Waals surface area (Å²) in [6.07, 6.45) is 5.20. The molecule has 0 aliphatic heterocycles. The number of nitrogens with one attached hydrogen (secondary N) is 1. The van der Waals surface area contributed by atoms with E-state index in [1.54, 1.807) is 17.5 Å². The fraction of sp³-hybridized carbons (Fsp3) is 0.250. The number of rotatable bonds is 5. The number of pyridine rings is 1. The first kappa shape index (κ1) is 19.0. The number of nitrogens with zero attached hydrogens (tertiary/aromatic N) is 2. The maximum atomic E-state index is 9.79. The Kier molecular flexibility index (Phi) is 5.34. The van der Waals surface area contributed by atoms with Crippen LogP contribution in [-0.4, -0.2) is 21.2 Å². The second-order valence-electron chi connectivity index (χ2n) is 7.64. The lowest BCUT2D eigenvalue weighted by molar-refractivity contribution is 0.122. The predicted molar refractivity (Wildman–Crippen MR) is 121 cm³/mol. The van der Waals surface area contributed by atoms with Crippen LogP contribution in [0.4, 0.5) is 10.8 Å². The van der Waals surface area contributed by atoms with Gasteiger partial charge in [-0.2, -0.15) is 0 Å². The molecule has 2 aromatic carbocycles. The summed E-state index contributed by atoms with van der Waals surface area (Å²) in [5, 5.41) is 14.0. The van der Waals surface area contributed by atoms with Crippen molar-refractivity contribution >= 4 is 32.4 Å². The van der Waals surface area contributed by atoms with E-state index in [0.29, 0.717) is 11.8 Å². The Morgan fingerprint density at radius 1 is 0.933 bits per heavy atom. The molecule has 152 valence electrons. The molecule has 0 spiro atoms. The first-order valence-electron chi connectivity index (χ1n) is 10.3. The van der Waals surface area contributed by atoms with Gasteiger partial charge in [0, 0.05) is 17.4 Å². The largest absolute Gasteiger partial charge is 0.439 e. The Balaban J connectivity index is 1.29. The molecule has 4 aromatic rings. The maximum absolute atomic E-state index is 9.79. The quantitative estimate of drug-likeness (QED) is 0.402. The van der Waals surface area contributed by atoms with Crippen LogP contribution >= 0.6 is 11.3 Å². The monoisotopic (exact) mass is 417 g/mol. The minimum absolute atomic E-state index is 0.169. The third-order valence-electron chi connectivity index (χ3n) is 5.55. The van der Waals surface area contributed by atoms with Gasteiger partial charge in [0.15, 0.2) is 5.13 Å². The number of thiazole rings is 1. The maximum Gasteiger partial charge on any atom is 0.222 e. The van der Waals surface area contributed by atoms with Crippen LogP contribution in [0.1, 0.15) is 37.2 Å². The highest BCUT2D eigenvalue weighted by atomic mass is 32.1. The van der Waals surface area contributed by atoms with Gasteiger partial charge in [-0.05, 0) is 74.1 Å². The smallest absolute Gasteiger partial charge is 0.222 e. The Bertz CT molecular complexity index is 1100. The lowest BCUT2D eigenvalue weighted by atomic mass is 9.83. The average molecular weight is 418 g/mol. The number of fused-ring (bicyclic) bond motifs is 1. The van der Waals surface area contributed by atoms with Crippen molar-refractivity contribution in [1.29, 1.82) is 0 Å². The lowest BCUT2D eigenvalue weighted by Gasteiger charge is -2.26. The minimum Gasteiger partial charge on any atom is -0.439 e. The molecule has 1 aliphatic rings. The van der Waals surface area contributed by atoms with E-state index in [4.69, 9.17) is 4.74 Å². The highest BCUT2D eigenvalue weighted by Crippen LogP contribution is 2.38. The fourth-order valence-corrected chi connectivity index (χ4v) is 4.84. The number of ether oxygens (including phenoxy) is 1. The third kappa shape index (κ3) is 4.15. The van der Waals surface area contributed by atoms with Crippen molar-refractivity contribution in [3.05, 3.63) is 72.4 Å². The van der Waals surface area contributed by atoms with E-state index in [0.717, 1.165) is 58.0 Å². The molecule has 0 unspecified atom stereocenters. The molecule has 5 rings (SSSR count). The number of aliphatic hydroxyl groups is 1. The summed E-state index contributed by atoms with van der Waals surface area (Å²) < 4.78 is 7.29. The normalized spacial score (nSPS) is 19.0. The van der Waals surface area contributed by atoms with Gasteiger partial charge in [-0.25, -0.2) is 9.97 Å². The Hall–Kier alpha value is -2.96. The minimum atomic E-state index is -0.169. The van der Waals surface area contributed by atoms with Crippen LogP contribution in [0.25, 0.3) is 10.2 Å². The van der Waals surface area contributed by atoms with Crippen LogP contribution in [-0.2, 0) is 0 Å². The summed E-state index contributed by atoms with van der Waals surface area (Å²) in [5.74, 6) is 1.79. The molecule has 0 amide bonds. The van der Waals surface area contributed by atoms with Gasteiger partial charge in [0.2, 0.25) is 5.88 Å². The third-order valence-corrected chi connectivity index (χ3v) is 6.50. The van der Waals surface area contributed by atoms with Crippen molar-refractivity contribution in [1.82, 2.24) is 9.97 Å². The molecular formula is C24H23N3O2S. The van der Waals surface area contributed by atoms with Crippen molar-refractivity contribution in [3.63, 3.8) is 0 Å². The van der Waals surface area contributed by atoms with Crippen molar-refractivity contribution in [2.45, 2.75) is 37.7 Å². The zero-order chi connectivity index (χ0) is 20.3. The number of aromatic nitrogens is 2. The average Bonchev–Trinajstić information content (AvgIpc) is 3.18. The van der Waals surface area contributed by atoms with Crippen LogP contribution in [0.15, 0.2) is 66.9 Å². The highest BCUT2D eigenvalue weighted by Gasteiger charge is 2.24. The van der Waals surface area contributed by atoms with Crippen LogP contribution in [0, 0.1) is 0 Å². The highest BCUT2D eigenvalue weighted by molar-refractivity contribution is 7.22. The second-order valence-corrected chi connectivity index (χ2v) is 8.67. The molecule has 0 atom stereocenters. The van der Waals surface area contributed by atoms with Crippen molar-refractivity contribution in [2.75, 3.05) is 5.32 Å². The molecule has 2 heterocycles. The number of aliphatic hydroxyl groups excluding tert-OH is 1. The van der Waals surface area contributed by atoms with E-state index in [1.165, 1.54) is 0 Å². The first-order chi connectivity index (χ1) is 14.7. The standard InChI is InChI=1S/C24H23N3O2S/c28-18-11-7-16(8-12-18)20-4-3-15-25-23(20)29-19-13-9-17(10-14-19)26-24-27-21-5-1-2-6-22(21)30-24/h1-6,9-10,13-16,18,28H,7-8,11-12H2,(H,26,27)/t16-,18-. The van der Waals surface area contributed by atoms with E-state index < -0.39 is 0 Å². The first-order valence-corrected chi connectivity index (χ1v) is 11.1. The molecule has 2 aromatic heterocycles. The summed E-state index contributed by atoms with van der Waals surface area (Å²) in [6.45, 7) is 0. The number of para-hydroxylation sites is 1. The predicted octanol–water partition coefficient (Wildman–Crippen LogP) is 6.25. The number of anilines is 2. The molecule has 2 N–H and O–H groups in total. The number of hydrogen-bond acceptors (Lipinski definition) is 6. The summed E-state index contributed by atoms with van der Waals surface area (Å²) in [7, 11) is 0. The molecule has 30 heavy (non-hydrogen) atoms. The Morgan fingerprint density at radius 3 is 2.53 bits per heavy atom. The van der Waals surface area contributed by atoms with Gasteiger partial charge in [0.1, 0.15) is 5.75 Å². The van der Waals surface area contributed by atoms with Gasteiger partial charge in [-0.3, -0.25) is 0 Å². The zero-order valence-electron chi connectivity index (χ0n) is 16.5. The van der Waals surface area contributed by atoms with Crippen LogP contribution in [0.5, 0.6) is 11.6 Å². The van der Waals surface area contributed by atoms with Gasteiger partial charge in [0.25, 0.3) is 0 Å². The molecule has 0 saturated heterocycles. The van der Waals surface area contributed by atoms with Gasteiger partial charge < -0.3 is 15.2 Å². The zero-order valence-corrected chi connectivity index (χ0v) is 17.3. The second kappa shape index (κ2) is 8.42. The van der Waals surface area contributed by atoms with Crippen molar-refractivity contribution in [2.24, 2.45) is 0 Å². The van der Waals surface area contributed by atoms with E-state index in [-0.39, 0.29) is 6.10 Å². The number of hydrogen-bond donors (Lipinski definition) is 2. The molecule has 0 bridgehead atoms. The summed E-state index contributed by atoms with van der Waals surface area (Å²) >= 11 is 1.64. The molecular weight excluding hydrogens is 394 g/mol. The molecule has 6 heteroatoms. The topological polar surface area (TPSA) is 67.3 Å². The van der Waals surface area contributed by atoms with Crippen LogP contribution < -0.4 is 10.1 Å². The Labute approximate surface area is 179 Å². The SMILES string of the molecule is O[C@H]1CC[C@H](c2cccnc2Oc2ccc(Nc3nc4ccccc4s3)cc2)CC1. The van der Waals surface area contributed by atoms with E-state index in [1.807, 2.05) is 48.5 Å². The van der Waals surface area contributed by atoms with Crippen LogP contribution in [0.3, 0.4) is 0 Å². The van der Waals surface area contributed by atoms with Crippen LogP contribution in [0.2, 0.25) is 0 Å². The van der Waals surface area contributed by atoms with Gasteiger partial charge >= 0.3 is 0 Å². The van der Waals surface area contributed by atoms with Gasteiger partial charge in [0.05, 0.1) is 16.3 Å². The van der Waals surface area contributed by atoms with Gasteiger partial charge in [-0.1, -0.05) is 29.5 Å². The summed E-state index contributed by atoms with van der Waals surface area (Å²) in [6, 6.07) is 20.0. The Morgan fingerprint density at radius 2 is 1.73 bits per heavy atom. The molecule has 1 fully saturated rings. The molecule has 1 aliphatic carbocycles. The van der Waals surface area contributed by atoms with E-state index in [2.05, 4.69) is 27.4 Å². The van der Waals surface area contributed by atoms with Crippen molar-refractivity contribution < 1.29 is 9.84 Å². The number of benzene rings is 2. The molecule has 5 nitrogen and oxygen atoms in total. The van der Waals surface area contributed by atoms with E-state index in [9.17, 15) is 5.11 Å². The van der Waals surface area contributed by atoms with Gasteiger partial charge in [-0.15, -0.1) is 0 Å². The fourth-order valence-electron chi connectivity index (χ4n) is 3.95.